The summed E-state index contributed by atoms with van der Waals surface area (Å²) >= 11 is 0. The Morgan fingerprint density at radius 2 is 1.93 bits per heavy atom. The van der Waals surface area contributed by atoms with E-state index in [0.29, 0.717) is 6.61 Å². The zero-order chi connectivity index (χ0) is 20.3. The molecule has 0 spiro atoms. The number of benzene rings is 2. The highest BCUT2D eigenvalue weighted by Crippen LogP contribution is 2.41. The van der Waals surface area contributed by atoms with Crippen LogP contribution in [0.4, 0.5) is 0 Å². The lowest BCUT2D eigenvalue weighted by Crippen LogP contribution is -2.30. The molecule has 0 radical (unpaired) electrons. The van der Waals surface area contributed by atoms with E-state index >= 15 is 0 Å². The van der Waals surface area contributed by atoms with Crippen LogP contribution in [0, 0.1) is 6.92 Å². The van der Waals surface area contributed by atoms with Gasteiger partial charge in [0.15, 0.2) is 6.10 Å². The molecule has 0 saturated heterocycles. The molecule has 0 heterocycles. The summed E-state index contributed by atoms with van der Waals surface area (Å²) in [6.07, 6.45) is 6.13. The summed E-state index contributed by atoms with van der Waals surface area (Å²) in [7, 11) is 0. The highest BCUT2D eigenvalue weighted by Gasteiger charge is 2.33. The molecule has 3 rings (SSSR count). The number of rotatable bonds is 5. The molecule has 3 nitrogen and oxygen atoms in total. The third-order valence-electron chi connectivity index (χ3n) is 5.14. The van der Waals surface area contributed by atoms with E-state index in [0.717, 1.165) is 29.5 Å². The smallest absolute Gasteiger partial charge is 0.339 e. The molecule has 0 aliphatic heterocycles. The fourth-order valence-corrected chi connectivity index (χ4v) is 4.05. The topological polar surface area (TPSA) is 35.5 Å². The van der Waals surface area contributed by atoms with Crippen molar-refractivity contribution in [1.29, 1.82) is 0 Å². The highest BCUT2D eigenvalue weighted by atomic mass is 16.6. The quantitative estimate of drug-likeness (QED) is 0.554. The van der Waals surface area contributed by atoms with Gasteiger partial charge < -0.3 is 9.47 Å². The molecule has 0 amide bonds. The largest absolute Gasteiger partial charge is 0.464 e. The van der Waals surface area contributed by atoms with Crippen LogP contribution in [0.2, 0.25) is 0 Å². The zero-order valence-electron chi connectivity index (χ0n) is 17.8. The molecule has 0 N–H and O–H groups in total. The maximum atomic E-state index is 13.0. The monoisotopic (exact) mass is 380 g/mol. The minimum atomic E-state index is -0.734. The molecule has 1 aliphatic carbocycles. The predicted molar refractivity (Wildman–Crippen MR) is 115 cm³/mol. The van der Waals surface area contributed by atoms with Crippen molar-refractivity contribution in [2.45, 2.75) is 72.0 Å². The Labute approximate surface area is 168 Å². The Balaban J connectivity index is 2.28. The van der Waals surface area contributed by atoms with E-state index in [2.05, 4.69) is 43.3 Å². The second-order valence-electron chi connectivity index (χ2n) is 8.54. The lowest BCUT2D eigenvalue weighted by Gasteiger charge is -2.30. The number of carbonyl (C=O) groups is 1. The molecule has 2 aromatic carbocycles. The first-order valence-electron chi connectivity index (χ1n) is 10.4. The molecular weight excluding hydrogens is 348 g/mol. The standard InChI is InChI=1S/C25H32O3/c1-6-27-24(26)23(28-25(3,4)5)21-17(2)16-19-14-10-11-15-20(19)22(21)18-12-8-7-9-13-18/h10-12,14-16,23H,6-9,13H2,1-5H3. The van der Waals surface area contributed by atoms with Gasteiger partial charge in [0, 0.05) is 5.56 Å². The average Bonchev–Trinajstić information content (AvgIpc) is 2.65. The minimum Gasteiger partial charge on any atom is -0.464 e. The number of carbonyl (C=O) groups excluding carboxylic acids is 1. The van der Waals surface area contributed by atoms with E-state index in [-0.39, 0.29) is 5.97 Å². The number of fused-ring (bicyclic) bond motifs is 1. The van der Waals surface area contributed by atoms with E-state index in [4.69, 9.17) is 9.47 Å². The normalized spacial score (nSPS) is 16.0. The Bertz CT molecular complexity index is 887. The Morgan fingerprint density at radius 1 is 1.18 bits per heavy atom. The Kier molecular flexibility index (Phi) is 6.24. The van der Waals surface area contributed by atoms with Gasteiger partial charge in [0.25, 0.3) is 0 Å². The second-order valence-corrected chi connectivity index (χ2v) is 8.54. The summed E-state index contributed by atoms with van der Waals surface area (Å²) in [5.41, 5.74) is 4.06. The van der Waals surface area contributed by atoms with Gasteiger partial charge in [-0.05, 0) is 87.8 Å². The minimum absolute atomic E-state index is 0.312. The second kappa shape index (κ2) is 8.48. The summed E-state index contributed by atoms with van der Waals surface area (Å²) in [5, 5.41) is 2.38. The van der Waals surface area contributed by atoms with Crippen LogP contribution in [-0.2, 0) is 14.3 Å². The third-order valence-corrected chi connectivity index (χ3v) is 5.14. The van der Waals surface area contributed by atoms with Crippen molar-refractivity contribution < 1.29 is 14.3 Å². The molecule has 150 valence electrons. The van der Waals surface area contributed by atoms with E-state index < -0.39 is 11.7 Å². The molecule has 1 unspecified atom stereocenters. The van der Waals surface area contributed by atoms with Crippen molar-refractivity contribution in [1.82, 2.24) is 0 Å². The molecule has 0 fully saturated rings. The number of hydrogen-bond donors (Lipinski definition) is 0. The fraction of sp³-hybridized carbons (Fsp3) is 0.480. The van der Waals surface area contributed by atoms with Crippen LogP contribution in [0.25, 0.3) is 16.3 Å². The SMILES string of the molecule is CCOC(=O)C(OC(C)(C)C)c1c(C)cc2ccccc2c1C1=CCCCC1. The first-order chi connectivity index (χ1) is 13.3. The van der Waals surface area contributed by atoms with Crippen molar-refractivity contribution in [2.75, 3.05) is 6.61 Å². The van der Waals surface area contributed by atoms with E-state index in [1.165, 1.54) is 29.2 Å². The van der Waals surface area contributed by atoms with Crippen LogP contribution in [-0.4, -0.2) is 18.2 Å². The molecule has 2 aromatic rings. The van der Waals surface area contributed by atoms with Gasteiger partial charge in [-0.15, -0.1) is 0 Å². The van der Waals surface area contributed by atoms with Crippen LogP contribution < -0.4 is 0 Å². The number of ether oxygens (including phenoxy) is 2. The molecular formula is C25H32O3. The van der Waals surface area contributed by atoms with Gasteiger partial charge in [0.05, 0.1) is 12.2 Å². The number of aryl methyl sites for hydroxylation is 1. The molecule has 28 heavy (non-hydrogen) atoms. The highest BCUT2D eigenvalue weighted by molar-refractivity contribution is 5.98. The van der Waals surface area contributed by atoms with Crippen LogP contribution in [0.3, 0.4) is 0 Å². The van der Waals surface area contributed by atoms with Crippen LogP contribution >= 0.6 is 0 Å². The van der Waals surface area contributed by atoms with Gasteiger partial charge in [-0.25, -0.2) is 4.79 Å². The lowest BCUT2D eigenvalue weighted by atomic mass is 9.83. The predicted octanol–water partition coefficient (Wildman–Crippen LogP) is 6.52. The van der Waals surface area contributed by atoms with Crippen molar-refractivity contribution in [2.24, 2.45) is 0 Å². The molecule has 0 saturated carbocycles. The summed E-state index contributed by atoms with van der Waals surface area (Å²) < 4.78 is 11.7. The maximum Gasteiger partial charge on any atom is 0.339 e. The third kappa shape index (κ3) is 4.47. The summed E-state index contributed by atoms with van der Waals surface area (Å²) in [5.74, 6) is -0.312. The molecule has 0 aromatic heterocycles. The van der Waals surface area contributed by atoms with E-state index in [1.54, 1.807) is 0 Å². The number of esters is 1. The first-order valence-corrected chi connectivity index (χ1v) is 10.4. The molecule has 1 atom stereocenters. The summed E-state index contributed by atoms with van der Waals surface area (Å²) in [6, 6.07) is 10.6. The van der Waals surface area contributed by atoms with Crippen molar-refractivity contribution >= 4 is 22.3 Å². The van der Waals surface area contributed by atoms with Gasteiger partial charge >= 0.3 is 5.97 Å². The van der Waals surface area contributed by atoms with Gasteiger partial charge in [-0.2, -0.15) is 0 Å². The van der Waals surface area contributed by atoms with Crippen molar-refractivity contribution in [3.8, 4) is 0 Å². The molecule has 1 aliphatic rings. The molecule has 3 heteroatoms. The van der Waals surface area contributed by atoms with Gasteiger partial charge in [0.1, 0.15) is 0 Å². The van der Waals surface area contributed by atoms with Crippen LogP contribution in [0.5, 0.6) is 0 Å². The van der Waals surface area contributed by atoms with Crippen LogP contribution in [0.15, 0.2) is 36.4 Å². The van der Waals surface area contributed by atoms with Gasteiger partial charge in [-0.1, -0.05) is 36.4 Å². The van der Waals surface area contributed by atoms with E-state index in [9.17, 15) is 4.79 Å². The van der Waals surface area contributed by atoms with Gasteiger partial charge in [-0.3, -0.25) is 0 Å². The maximum absolute atomic E-state index is 13.0. The van der Waals surface area contributed by atoms with Gasteiger partial charge in [0.2, 0.25) is 0 Å². The Morgan fingerprint density at radius 3 is 2.57 bits per heavy atom. The number of hydrogen-bond acceptors (Lipinski definition) is 3. The summed E-state index contributed by atoms with van der Waals surface area (Å²) in [6.45, 7) is 10.2. The fourth-order valence-electron chi connectivity index (χ4n) is 4.05. The number of allylic oxidation sites excluding steroid dienone is 2. The Hall–Kier alpha value is -2.13. The average molecular weight is 381 g/mol. The summed E-state index contributed by atoms with van der Waals surface area (Å²) in [4.78, 5) is 13.0. The van der Waals surface area contributed by atoms with E-state index in [1.807, 2.05) is 27.7 Å². The van der Waals surface area contributed by atoms with Crippen molar-refractivity contribution in [3.05, 3.63) is 53.1 Å². The lowest BCUT2D eigenvalue weighted by molar-refractivity contribution is -0.166. The molecule has 0 bridgehead atoms. The first kappa shape index (κ1) is 20.6. The zero-order valence-corrected chi connectivity index (χ0v) is 17.8. The van der Waals surface area contributed by atoms with Crippen molar-refractivity contribution in [3.63, 3.8) is 0 Å². The van der Waals surface area contributed by atoms with Crippen LogP contribution in [0.1, 0.15) is 76.2 Å².